The van der Waals surface area contributed by atoms with Crippen LogP contribution in [0.25, 0.3) is 0 Å². The second-order valence-corrected chi connectivity index (χ2v) is 4.25. The molecule has 1 aromatic carbocycles. The molecule has 0 radical (unpaired) electrons. The fourth-order valence-electron chi connectivity index (χ4n) is 1.50. The lowest BCUT2D eigenvalue weighted by Crippen LogP contribution is -2.26. The van der Waals surface area contributed by atoms with E-state index in [-0.39, 0.29) is 18.3 Å². The lowest BCUT2D eigenvalue weighted by molar-refractivity contribution is -0.119. The zero-order chi connectivity index (χ0) is 14.1. The third-order valence-corrected chi connectivity index (χ3v) is 2.82. The van der Waals surface area contributed by atoms with Crippen molar-refractivity contribution in [3.8, 4) is 0 Å². The molecular weight excluding hydrogens is 245 g/mol. The Kier molecular flexibility index (Phi) is 6.57. The SMILES string of the molecule is CCC(/C=N/NC(=O)CNc1ccc(F)cc1)CC. The molecule has 104 valence electrons. The molecule has 0 aromatic heterocycles. The van der Waals surface area contributed by atoms with E-state index in [4.69, 9.17) is 0 Å². The van der Waals surface area contributed by atoms with E-state index >= 15 is 0 Å². The van der Waals surface area contributed by atoms with E-state index in [1.165, 1.54) is 12.1 Å². The number of halogens is 1. The van der Waals surface area contributed by atoms with Crippen LogP contribution in [-0.4, -0.2) is 18.7 Å². The van der Waals surface area contributed by atoms with E-state index < -0.39 is 0 Å². The zero-order valence-electron chi connectivity index (χ0n) is 11.3. The van der Waals surface area contributed by atoms with Crippen molar-refractivity contribution in [1.82, 2.24) is 5.43 Å². The Morgan fingerprint density at radius 1 is 1.32 bits per heavy atom. The van der Waals surface area contributed by atoms with Gasteiger partial charge in [-0.25, -0.2) is 9.82 Å². The Bertz CT molecular complexity index is 413. The fraction of sp³-hybridized carbons (Fsp3) is 0.429. The molecule has 0 aliphatic heterocycles. The van der Waals surface area contributed by atoms with Crippen molar-refractivity contribution in [2.75, 3.05) is 11.9 Å². The van der Waals surface area contributed by atoms with Crippen LogP contribution in [0.5, 0.6) is 0 Å². The van der Waals surface area contributed by atoms with Crippen molar-refractivity contribution in [2.45, 2.75) is 26.7 Å². The molecule has 0 saturated heterocycles. The van der Waals surface area contributed by atoms with Gasteiger partial charge < -0.3 is 5.32 Å². The molecule has 0 unspecified atom stereocenters. The number of hydrogen-bond donors (Lipinski definition) is 2. The smallest absolute Gasteiger partial charge is 0.259 e. The normalized spacial score (nSPS) is 10.9. The minimum absolute atomic E-state index is 0.103. The van der Waals surface area contributed by atoms with E-state index in [1.807, 2.05) is 0 Å². The maximum Gasteiger partial charge on any atom is 0.259 e. The summed E-state index contributed by atoms with van der Waals surface area (Å²) in [5.41, 5.74) is 3.15. The number of carbonyl (C=O) groups is 1. The van der Waals surface area contributed by atoms with Gasteiger partial charge >= 0.3 is 0 Å². The van der Waals surface area contributed by atoms with Gasteiger partial charge in [0.15, 0.2) is 0 Å². The standard InChI is InChI=1S/C14H20FN3O/c1-3-11(4-2)9-17-18-14(19)10-16-13-7-5-12(15)6-8-13/h5-9,11,16H,3-4,10H2,1-2H3,(H,18,19)/b17-9+. The zero-order valence-corrected chi connectivity index (χ0v) is 11.3. The lowest BCUT2D eigenvalue weighted by atomic mass is 10.1. The van der Waals surface area contributed by atoms with Crippen molar-refractivity contribution in [1.29, 1.82) is 0 Å². The first-order valence-corrected chi connectivity index (χ1v) is 6.47. The van der Waals surface area contributed by atoms with Gasteiger partial charge in [-0.05, 0) is 43.0 Å². The van der Waals surface area contributed by atoms with Gasteiger partial charge in [0.1, 0.15) is 5.82 Å². The highest BCUT2D eigenvalue weighted by molar-refractivity contribution is 5.81. The second kappa shape index (κ2) is 8.24. The number of nitrogens with zero attached hydrogens (tertiary/aromatic N) is 1. The maximum atomic E-state index is 12.7. The van der Waals surface area contributed by atoms with Gasteiger partial charge in [-0.15, -0.1) is 0 Å². The molecule has 19 heavy (non-hydrogen) atoms. The third-order valence-electron chi connectivity index (χ3n) is 2.82. The highest BCUT2D eigenvalue weighted by Gasteiger charge is 2.01. The maximum absolute atomic E-state index is 12.7. The van der Waals surface area contributed by atoms with Crippen LogP contribution in [-0.2, 0) is 4.79 Å². The highest BCUT2D eigenvalue weighted by Crippen LogP contribution is 2.07. The van der Waals surface area contributed by atoms with Crippen LogP contribution in [0, 0.1) is 11.7 Å². The van der Waals surface area contributed by atoms with E-state index in [2.05, 4.69) is 29.7 Å². The van der Waals surface area contributed by atoms with Crippen LogP contribution in [0.4, 0.5) is 10.1 Å². The molecule has 0 saturated carbocycles. The van der Waals surface area contributed by atoms with Crippen LogP contribution in [0.3, 0.4) is 0 Å². The monoisotopic (exact) mass is 265 g/mol. The quantitative estimate of drug-likeness (QED) is 0.588. The summed E-state index contributed by atoms with van der Waals surface area (Å²) < 4.78 is 12.7. The molecule has 1 amide bonds. The number of carbonyl (C=O) groups excluding carboxylic acids is 1. The molecule has 1 aromatic rings. The Labute approximate surface area is 113 Å². The first-order valence-electron chi connectivity index (χ1n) is 6.47. The fourth-order valence-corrected chi connectivity index (χ4v) is 1.50. The van der Waals surface area contributed by atoms with Gasteiger partial charge in [0.2, 0.25) is 0 Å². The van der Waals surface area contributed by atoms with Crippen LogP contribution < -0.4 is 10.7 Å². The first kappa shape index (κ1) is 15.1. The summed E-state index contributed by atoms with van der Waals surface area (Å²) >= 11 is 0. The minimum atomic E-state index is -0.301. The van der Waals surface area contributed by atoms with Gasteiger partial charge in [0.05, 0.1) is 6.54 Å². The lowest BCUT2D eigenvalue weighted by Gasteiger charge is -2.06. The van der Waals surface area contributed by atoms with Crippen LogP contribution in [0.15, 0.2) is 29.4 Å². The number of nitrogens with one attached hydrogen (secondary N) is 2. The molecule has 5 heteroatoms. The summed E-state index contributed by atoms with van der Waals surface area (Å²) in [5, 5.41) is 6.80. The topological polar surface area (TPSA) is 53.5 Å². The number of rotatable bonds is 7. The van der Waals surface area contributed by atoms with Crippen molar-refractivity contribution >= 4 is 17.8 Å². The van der Waals surface area contributed by atoms with Gasteiger partial charge in [-0.1, -0.05) is 13.8 Å². The number of amides is 1. The molecule has 0 spiro atoms. The molecule has 0 aliphatic carbocycles. The molecule has 0 atom stereocenters. The molecule has 0 heterocycles. The summed E-state index contributed by atoms with van der Waals surface area (Å²) in [6.45, 7) is 4.27. The largest absolute Gasteiger partial charge is 0.376 e. The first-order chi connectivity index (χ1) is 9.15. The van der Waals surface area contributed by atoms with Crippen LogP contribution >= 0.6 is 0 Å². The van der Waals surface area contributed by atoms with Crippen molar-refractivity contribution < 1.29 is 9.18 Å². The molecule has 0 aliphatic rings. The van der Waals surface area contributed by atoms with Gasteiger partial charge in [0.25, 0.3) is 5.91 Å². The summed E-state index contributed by atoms with van der Waals surface area (Å²) in [4.78, 5) is 11.5. The molecule has 1 rings (SSSR count). The molecule has 0 bridgehead atoms. The molecule has 4 nitrogen and oxygen atoms in total. The van der Waals surface area contributed by atoms with Crippen molar-refractivity contribution in [2.24, 2.45) is 11.0 Å². The van der Waals surface area contributed by atoms with E-state index in [0.29, 0.717) is 11.6 Å². The second-order valence-electron chi connectivity index (χ2n) is 4.25. The van der Waals surface area contributed by atoms with Crippen LogP contribution in [0.2, 0.25) is 0 Å². The van der Waals surface area contributed by atoms with E-state index in [1.54, 1.807) is 18.3 Å². The third kappa shape index (κ3) is 5.99. The summed E-state index contributed by atoms with van der Waals surface area (Å²) in [6, 6.07) is 5.84. The Balaban J connectivity index is 2.30. The molecule has 0 fully saturated rings. The van der Waals surface area contributed by atoms with Gasteiger partial charge in [-0.3, -0.25) is 4.79 Å². The Morgan fingerprint density at radius 2 is 1.95 bits per heavy atom. The summed E-state index contributed by atoms with van der Waals surface area (Å²) in [6.07, 6.45) is 3.77. The van der Waals surface area contributed by atoms with Crippen molar-refractivity contribution in [3.63, 3.8) is 0 Å². The van der Waals surface area contributed by atoms with E-state index in [9.17, 15) is 9.18 Å². The van der Waals surface area contributed by atoms with Gasteiger partial charge in [-0.2, -0.15) is 5.10 Å². The minimum Gasteiger partial charge on any atom is -0.376 e. The van der Waals surface area contributed by atoms with Crippen molar-refractivity contribution in [3.05, 3.63) is 30.1 Å². The number of anilines is 1. The number of benzene rings is 1. The number of hydrogen-bond acceptors (Lipinski definition) is 3. The van der Waals surface area contributed by atoms with Crippen LogP contribution in [0.1, 0.15) is 26.7 Å². The van der Waals surface area contributed by atoms with Gasteiger partial charge in [0, 0.05) is 11.9 Å². The summed E-state index contributed by atoms with van der Waals surface area (Å²) in [5.74, 6) is -0.137. The predicted molar refractivity (Wildman–Crippen MR) is 75.6 cm³/mol. The van der Waals surface area contributed by atoms with E-state index in [0.717, 1.165) is 12.8 Å². The summed E-state index contributed by atoms with van der Waals surface area (Å²) in [7, 11) is 0. The average molecular weight is 265 g/mol. The Morgan fingerprint density at radius 3 is 2.53 bits per heavy atom. The Hall–Kier alpha value is -1.91. The molecule has 2 N–H and O–H groups in total. The number of hydrazone groups is 1. The molecular formula is C14H20FN3O. The average Bonchev–Trinajstić information content (AvgIpc) is 2.43. The highest BCUT2D eigenvalue weighted by atomic mass is 19.1. The predicted octanol–water partition coefficient (Wildman–Crippen LogP) is 2.78.